The Morgan fingerprint density at radius 1 is 1.03 bits per heavy atom. The summed E-state index contributed by atoms with van der Waals surface area (Å²) in [5.41, 5.74) is 4.16. The highest BCUT2D eigenvalue weighted by atomic mass is 16.3. The minimum Gasteiger partial charge on any atom is -0.373 e. The average Bonchev–Trinajstić information content (AvgIpc) is 3.53. The zero-order valence-corrected chi connectivity index (χ0v) is 18.4. The van der Waals surface area contributed by atoms with Gasteiger partial charge >= 0.3 is 0 Å². The predicted octanol–water partition coefficient (Wildman–Crippen LogP) is 3.62. The number of hydrogen-bond acceptors (Lipinski definition) is 6. The molecule has 1 aliphatic carbocycles. The van der Waals surface area contributed by atoms with Crippen LogP contribution in [-0.4, -0.2) is 40.0 Å². The number of aliphatic hydroxyl groups is 1. The molecule has 1 aromatic carbocycles. The molecule has 0 bridgehead atoms. The third kappa shape index (κ3) is 3.14. The highest BCUT2D eigenvalue weighted by Crippen LogP contribution is 2.43. The summed E-state index contributed by atoms with van der Waals surface area (Å²) in [4.78, 5) is 17.5. The van der Waals surface area contributed by atoms with Crippen LogP contribution in [0.2, 0.25) is 0 Å². The number of imidazole rings is 1. The Labute approximate surface area is 190 Å². The molecule has 4 aromatic heterocycles. The number of aromatic nitrogens is 7. The fourth-order valence-corrected chi connectivity index (χ4v) is 4.52. The van der Waals surface area contributed by atoms with E-state index in [1.807, 2.05) is 62.5 Å². The molecule has 0 saturated heterocycles. The van der Waals surface area contributed by atoms with Crippen LogP contribution in [0.5, 0.6) is 0 Å². The van der Waals surface area contributed by atoms with Crippen LogP contribution in [0.15, 0.2) is 60.9 Å². The molecule has 2 N–H and O–H groups in total. The number of H-pyrrole nitrogens is 1. The fourth-order valence-electron chi connectivity index (χ4n) is 4.52. The SMILES string of the molecule is Cc1nnn(C)c1-c1cc(C(O)(c2ccccn2)c2ccccn2)c2[nH]c(C3CC3)nc2c1. The van der Waals surface area contributed by atoms with Crippen molar-refractivity contribution < 1.29 is 5.11 Å². The van der Waals surface area contributed by atoms with Crippen molar-refractivity contribution >= 4 is 11.0 Å². The van der Waals surface area contributed by atoms with E-state index in [-0.39, 0.29) is 0 Å². The van der Waals surface area contributed by atoms with Gasteiger partial charge in [-0.25, -0.2) is 9.67 Å². The molecule has 4 heterocycles. The molecule has 8 nitrogen and oxygen atoms in total. The number of nitrogens with zero attached hydrogens (tertiary/aromatic N) is 6. The average molecular weight is 438 g/mol. The minimum atomic E-state index is -1.59. The standard InChI is InChI=1S/C25H23N7O/c1-15-23(32(2)31-30-15)17-13-18(22-19(14-17)28-24(29-22)16-9-10-16)25(33,20-7-3-5-11-26-20)21-8-4-6-12-27-21/h3-8,11-14,16,33H,9-10H2,1-2H3,(H,28,29). The zero-order chi connectivity index (χ0) is 22.6. The summed E-state index contributed by atoms with van der Waals surface area (Å²) >= 11 is 0. The van der Waals surface area contributed by atoms with Crippen LogP contribution in [0.3, 0.4) is 0 Å². The predicted molar refractivity (Wildman–Crippen MR) is 123 cm³/mol. The van der Waals surface area contributed by atoms with Crippen molar-refractivity contribution in [3.63, 3.8) is 0 Å². The number of aryl methyl sites for hydroxylation is 2. The van der Waals surface area contributed by atoms with E-state index in [2.05, 4.69) is 25.3 Å². The number of aromatic amines is 1. The van der Waals surface area contributed by atoms with Crippen LogP contribution in [0.25, 0.3) is 22.3 Å². The van der Waals surface area contributed by atoms with Gasteiger partial charge in [0.15, 0.2) is 5.60 Å². The normalized spacial score (nSPS) is 14.2. The molecule has 1 aliphatic rings. The van der Waals surface area contributed by atoms with Crippen molar-refractivity contribution in [2.24, 2.45) is 7.05 Å². The van der Waals surface area contributed by atoms with Gasteiger partial charge in [0.1, 0.15) is 5.82 Å². The topological polar surface area (TPSA) is 105 Å². The van der Waals surface area contributed by atoms with E-state index < -0.39 is 5.60 Å². The zero-order valence-electron chi connectivity index (χ0n) is 18.4. The van der Waals surface area contributed by atoms with E-state index in [9.17, 15) is 5.11 Å². The van der Waals surface area contributed by atoms with Gasteiger partial charge in [-0.2, -0.15) is 0 Å². The summed E-state index contributed by atoms with van der Waals surface area (Å²) in [6.07, 6.45) is 5.61. The molecule has 6 rings (SSSR count). The van der Waals surface area contributed by atoms with Crippen molar-refractivity contribution in [1.82, 2.24) is 34.9 Å². The Kier molecular flexibility index (Phi) is 4.38. The Balaban J connectivity index is 1.70. The summed E-state index contributed by atoms with van der Waals surface area (Å²) in [6.45, 7) is 1.93. The summed E-state index contributed by atoms with van der Waals surface area (Å²) < 4.78 is 1.75. The monoisotopic (exact) mass is 437 g/mol. The number of hydrogen-bond donors (Lipinski definition) is 2. The number of nitrogens with one attached hydrogen (secondary N) is 1. The fraction of sp³-hybridized carbons (Fsp3) is 0.240. The lowest BCUT2D eigenvalue weighted by Crippen LogP contribution is -2.31. The maximum absolute atomic E-state index is 12.4. The van der Waals surface area contributed by atoms with Crippen molar-refractivity contribution in [1.29, 1.82) is 0 Å². The molecule has 1 saturated carbocycles. The molecule has 0 radical (unpaired) electrons. The second-order valence-corrected chi connectivity index (χ2v) is 8.60. The summed E-state index contributed by atoms with van der Waals surface area (Å²) in [5, 5.41) is 20.8. The number of benzene rings is 1. The molecule has 1 fully saturated rings. The summed E-state index contributed by atoms with van der Waals surface area (Å²) in [5.74, 6) is 1.39. The quantitative estimate of drug-likeness (QED) is 0.435. The first-order valence-electron chi connectivity index (χ1n) is 11.0. The Morgan fingerprint density at radius 2 is 1.73 bits per heavy atom. The van der Waals surface area contributed by atoms with Gasteiger partial charge in [0.2, 0.25) is 0 Å². The van der Waals surface area contributed by atoms with E-state index in [0.29, 0.717) is 22.9 Å². The van der Waals surface area contributed by atoms with Crippen LogP contribution in [0.1, 0.15) is 47.2 Å². The molecule has 5 aromatic rings. The van der Waals surface area contributed by atoms with Crippen LogP contribution >= 0.6 is 0 Å². The Bertz CT molecular complexity index is 1390. The van der Waals surface area contributed by atoms with Gasteiger partial charge in [-0.3, -0.25) is 9.97 Å². The van der Waals surface area contributed by atoms with E-state index in [1.54, 1.807) is 17.1 Å². The largest absolute Gasteiger partial charge is 0.373 e. The molecule has 0 atom stereocenters. The van der Waals surface area contributed by atoms with Gasteiger partial charge in [-0.05, 0) is 56.2 Å². The molecule has 0 spiro atoms. The maximum Gasteiger partial charge on any atom is 0.176 e. The minimum absolute atomic E-state index is 0.437. The van der Waals surface area contributed by atoms with Gasteiger partial charge in [-0.15, -0.1) is 5.10 Å². The van der Waals surface area contributed by atoms with Gasteiger partial charge in [0.25, 0.3) is 0 Å². The van der Waals surface area contributed by atoms with Crippen molar-refractivity contribution in [2.75, 3.05) is 0 Å². The first-order valence-corrected chi connectivity index (χ1v) is 11.0. The molecule has 0 unspecified atom stereocenters. The molecule has 0 aliphatic heterocycles. The number of pyridine rings is 2. The second-order valence-electron chi connectivity index (χ2n) is 8.60. The number of rotatable bonds is 5. The van der Waals surface area contributed by atoms with Crippen molar-refractivity contribution in [3.05, 3.63) is 89.4 Å². The summed E-state index contributed by atoms with van der Waals surface area (Å²) in [6, 6.07) is 15.1. The van der Waals surface area contributed by atoms with Crippen LogP contribution in [-0.2, 0) is 12.6 Å². The smallest absolute Gasteiger partial charge is 0.176 e. The lowest BCUT2D eigenvalue weighted by Gasteiger charge is -2.28. The van der Waals surface area contributed by atoms with Crippen molar-refractivity contribution in [2.45, 2.75) is 31.3 Å². The molecular weight excluding hydrogens is 414 g/mol. The van der Waals surface area contributed by atoms with E-state index in [1.165, 1.54) is 0 Å². The maximum atomic E-state index is 12.4. The van der Waals surface area contributed by atoms with Crippen molar-refractivity contribution in [3.8, 4) is 11.3 Å². The van der Waals surface area contributed by atoms with E-state index in [4.69, 9.17) is 4.98 Å². The van der Waals surface area contributed by atoms with Gasteiger partial charge in [0, 0.05) is 36.5 Å². The lowest BCUT2D eigenvalue weighted by atomic mass is 9.84. The molecule has 8 heteroatoms. The third-order valence-corrected chi connectivity index (χ3v) is 6.31. The highest BCUT2D eigenvalue weighted by molar-refractivity contribution is 5.87. The highest BCUT2D eigenvalue weighted by Gasteiger charge is 2.40. The first kappa shape index (κ1) is 19.8. The van der Waals surface area contributed by atoms with Gasteiger partial charge in [0.05, 0.1) is 33.8 Å². The third-order valence-electron chi connectivity index (χ3n) is 6.31. The molecule has 33 heavy (non-hydrogen) atoms. The lowest BCUT2D eigenvalue weighted by molar-refractivity contribution is 0.117. The van der Waals surface area contributed by atoms with E-state index >= 15 is 0 Å². The van der Waals surface area contributed by atoms with E-state index in [0.717, 1.165) is 46.7 Å². The van der Waals surface area contributed by atoms with Crippen LogP contribution in [0.4, 0.5) is 0 Å². The van der Waals surface area contributed by atoms with Crippen LogP contribution < -0.4 is 0 Å². The molecule has 0 amide bonds. The second kappa shape index (κ2) is 7.31. The van der Waals surface area contributed by atoms with Crippen LogP contribution in [0, 0.1) is 6.92 Å². The number of fused-ring (bicyclic) bond motifs is 1. The Hall–Kier alpha value is -3.91. The van der Waals surface area contributed by atoms with Gasteiger partial charge < -0.3 is 10.1 Å². The first-order chi connectivity index (χ1) is 16.1. The molecule has 164 valence electrons. The summed E-state index contributed by atoms with van der Waals surface area (Å²) in [7, 11) is 1.86. The van der Waals surface area contributed by atoms with Gasteiger partial charge in [-0.1, -0.05) is 17.3 Å². The molecular formula is C25H23N7O. The Morgan fingerprint density at radius 3 is 2.27 bits per heavy atom.